The second kappa shape index (κ2) is 7.51. The molecule has 2 heterocycles. The molecule has 4 rings (SSSR count). The number of benzene rings is 2. The molecule has 0 aliphatic heterocycles. The van der Waals surface area contributed by atoms with Crippen LogP contribution in [-0.4, -0.2) is 20.9 Å². The Labute approximate surface area is 158 Å². The number of para-hydroxylation sites is 1. The number of thiazole rings is 1. The molecule has 27 heavy (non-hydrogen) atoms. The molecule has 7 heteroatoms. The molecule has 2 aromatic carbocycles. The normalized spacial score (nSPS) is 10.8. The number of anilines is 1. The Morgan fingerprint density at radius 1 is 1.11 bits per heavy atom. The highest BCUT2D eigenvalue weighted by molar-refractivity contribution is 7.13. The molecule has 0 saturated carbocycles. The van der Waals surface area contributed by atoms with Crippen molar-refractivity contribution in [2.75, 3.05) is 5.32 Å². The van der Waals surface area contributed by atoms with Gasteiger partial charge in [-0.15, -0.1) is 11.3 Å². The van der Waals surface area contributed by atoms with E-state index in [2.05, 4.69) is 20.3 Å². The third-order valence-corrected chi connectivity index (χ3v) is 4.92. The zero-order valence-electron chi connectivity index (χ0n) is 14.3. The molecule has 0 unspecified atom stereocenters. The standard InChI is InChI=1S/C20H16N4O2S/c25-18(22-14-7-5-13(6-8-14)20-21-11-12-27-20)10-9-17-23-16-4-2-1-3-15(16)19(26)24-17/h1-8,11-12H,9-10H2,(H,22,25)(H,23,24,26). The molecule has 0 bridgehead atoms. The van der Waals surface area contributed by atoms with Gasteiger partial charge in [-0.1, -0.05) is 12.1 Å². The molecule has 2 aromatic heterocycles. The lowest BCUT2D eigenvalue weighted by Gasteiger charge is -2.06. The van der Waals surface area contributed by atoms with Gasteiger partial charge in [0.1, 0.15) is 10.8 Å². The number of fused-ring (bicyclic) bond motifs is 1. The van der Waals surface area contributed by atoms with Gasteiger partial charge in [-0.25, -0.2) is 9.97 Å². The molecule has 6 nitrogen and oxygen atoms in total. The summed E-state index contributed by atoms with van der Waals surface area (Å²) in [5.74, 6) is 0.376. The lowest BCUT2D eigenvalue weighted by atomic mass is 10.2. The first-order valence-corrected chi connectivity index (χ1v) is 9.35. The van der Waals surface area contributed by atoms with Crippen molar-refractivity contribution in [1.29, 1.82) is 0 Å². The first kappa shape index (κ1) is 17.1. The van der Waals surface area contributed by atoms with E-state index in [0.29, 0.717) is 23.1 Å². The van der Waals surface area contributed by atoms with Crippen LogP contribution in [0.4, 0.5) is 5.69 Å². The van der Waals surface area contributed by atoms with Crippen molar-refractivity contribution in [3.05, 3.63) is 76.3 Å². The van der Waals surface area contributed by atoms with Gasteiger partial charge in [0.25, 0.3) is 5.56 Å². The van der Waals surface area contributed by atoms with Crippen molar-refractivity contribution in [2.24, 2.45) is 0 Å². The van der Waals surface area contributed by atoms with Crippen molar-refractivity contribution >= 4 is 33.8 Å². The Bertz CT molecular complexity index is 1130. The van der Waals surface area contributed by atoms with Crippen LogP contribution in [0.15, 0.2) is 64.9 Å². The lowest BCUT2D eigenvalue weighted by Crippen LogP contribution is -2.16. The minimum Gasteiger partial charge on any atom is -0.326 e. The highest BCUT2D eigenvalue weighted by Gasteiger charge is 2.08. The van der Waals surface area contributed by atoms with Gasteiger partial charge in [0, 0.05) is 35.7 Å². The summed E-state index contributed by atoms with van der Waals surface area (Å²) < 4.78 is 0. The number of H-pyrrole nitrogens is 1. The monoisotopic (exact) mass is 376 g/mol. The maximum absolute atomic E-state index is 12.2. The summed E-state index contributed by atoms with van der Waals surface area (Å²) in [6, 6.07) is 14.7. The van der Waals surface area contributed by atoms with Gasteiger partial charge in [0.2, 0.25) is 5.91 Å². The van der Waals surface area contributed by atoms with Crippen molar-refractivity contribution in [3.63, 3.8) is 0 Å². The van der Waals surface area contributed by atoms with Crippen LogP contribution in [0.1, 0.15) is 12.2 Å². The zero-order valence-corrected chi connectivity index (χ0v) is 15.1. The van der Waals surface area contributed by atoms with E-state index in [1.807, 2.05) is 35.7 Å². The summed E-state index contributed by atoms with van der Waals surface area (Å²) in [7, 11) is 0. The summed E-state index contributed by atoms with van der Waals surface area (Å²) >= 11 is 1.57. The fourth-order valence-corrected chi connectivity index (χ4v) is 3.42. The summed E-state index contributed by atoms with van der Waals surface area (Å²) in [5.41, 5.74) is 2.18. The van der Waals surface area contributed by atoms with Gasteiger partial charge in [0.05, 0.1) is 10.9 Å². The number of nitrogens with zero attached hydrogens (tertiary/aromatic N) is 2. The minimum absolute atomic E-state index is 0.132. The first-order valence-electron chi connectivity index (χ1n) is 8.47. The molecular formula is C20H16N4O2S. The molecule has 0 spiro atoms. The molecular weight excluding hydrogens is 360 g/mol. The number of hydrogen-bond donors (Lipinski definition) is 2. The summed E-state index contributed by atoms with van der Waals surface area (Å²) in [6.07, 6.45) is 2.36. The third kappa shape index (κ3) is 3.93. The number of amides is 1. The van der Waals surface area contributed by atoms with Crippen LogP contribution in [0.2, 0.25) is 0 Å². The van der Waals surface area contributed by atoms with Crippen molar-refractivity contribution < 1.29 is 4.79 Å². The van der Waals surface area contributed by atoms with Crippen LogP contribution < -0.4 is 10.9 Å². The highest BCUT2D eigenvalue weighted by atomic mass is 32.1. The van der Waals surface area contributed by atoms with Crippen molar-refractivity contribution in [2.45, 2.75) is 12.8 Å². The van der Waals surface area contributed by atoms with Crippen LogP contribution in [0.25, 0.3) is 21.5 Å². The second-order valence-corrected chi connectivity index (χ2v) is 6.89. The van der Waals surface area contributed by atoms with E-state index in [1.165, 1.54) is 0 Å². The van der Waals surface area contributed by atoms with E-state index >= 15 is 0 Å². The number of nitrogens with one attached hydrogen (secondary N) is 2. The molecule has 0 radical (unpaired) electrons. The number of aromatic nitrogens is 3. The fourth-order valence-electron chi connectivity index (χ4n) is 2.77. The van der Waals surface area contributed by atoms with E-state index in [-0.39, 0.29) is 17.9 Å². The summed E-state index contributed by atoms with van der Waals surface area (Å²) in [5, 5.41) is 6.28. The van der Waals surface area contributed by atoms with Gasteiger partial charge >= 0.3 is 0 Å². The average Bonchev–Trinajstić information content (AvgIpc) is 3.22. The third-order valence-electron chi connectivity index (χ3n) is 4.10. The number of hydrogen-bond acceptors (Lipinski definition) is 5. The maximum Gasteiger partial charge on any atom is 0.258 e. The van der Waals surface area contributed by atoms with Gasteiger partial charge in [-0.2, -0.15) is 0 Å². The first-order chi connectivity index (χ1) is 13.2. The largest absolute Gasteiger partial charge is 0.326 e. The molecule has 0 saturated heterocycles. The Morgan fingerprint density at radius 2 is 1.93 bits per heavy atom. The summed E-state index contributed by atoms with van der Waals surface area (Å²) in [4.78, 5) is 35.7. The molecule has 134 valence electrons. The molecule has 0 aliphatic carbocycles. The van der Waals surface area contributed by atoms with E-state index in [1.54, 1.807) is 35.7 Å². The molecule has 0 fully saturated rings. The second-order valence-electron chi connectivity index (χ2n) is 5.99. The Hall–Kier alpha value is -3.32. The molecule has 0 aliphatic rings. The minimum atomic E-state index is -0.186. The van der Waals surface area contributed by atoms with Crippen LogP contribution in [-0.2, 0) is 11.2 Å². The van der Waals surface area contributed by atoms with Crippen LogP contribution >= 0.6 is 11.3 Å². The van der Waals surface area contributed by atoms with Crippen molar-refractivity contribution in [1.82, 2.24) is 15.0 Å². The highest BCUT2D eigenvalue weighted by Crippen LogP contribution is 2.23. The predicted octanol–water partition coefficient (Wildman–Crippen LogP) is 3.62. The SMILES string of the molecule is O=C(CCc1nc2ccccc2c(=O)[nH]1)Nc1ccc(-c2nccs2)cc1. The Kier molecular flexibility index (Phi) is 4.76. The Balaban J connectivity index is 1.39. The average molecular weight is 376 g/mol. The molecule has 1 amide bonds. The summed E-state index contributed by atoms with van der Waals surface area (Å²) in [6.45, 7) is 0. The number of rotatable bonds is 5. The number of carbonyl (C=O) groups excluding carboxylic acids is 1. The van der Waals surface area contributed by atoms with Gasteiger partial charge in [0.15, 0.2) is 0 Å². The van der Waals surface area contributed by atoms with E-state index in [4.69, 9.17) is 0 Å². The van der Waals surface area contributed by atoms with Crippen LogP contribution in [0.5, 0.6) is 0 Å². The van der Waals surface area contributed by atoms with Crippen LogP contribution in [0, 0.1) is 0 Å². The van der Waals surface area contributed by atoms with E-state index < -0.39 is 0 Å². The van der Waals surface area contributed by atoms with Crippen LogP contribution in [0.3, 0.4) is 0 Å². The topological polar surface area (TPSA) is 87.7 Å². The molecule has 0 atom stereocenters. The predicted molar refractivity (Wildman–Crippen MR) is 107 cm³/mol. The quantitative estimate of drug-likeness (QED) is 0.557. The fraction of sp³-hybridized carbons (Fsp3) is 0.100. The van der Waals surface area contributed by atoms with Gasteiger partial charge in [-0.05, 0) is 36.4 Å². The number of aryl methyl sites for hydroxylation is 1. The van der Waals surface area contributed by atoms with Crippen molar-refractivity contribution in [3.8, 4) is 10.6 Å². The smallest absolute Gasteiger partial charge is 0.258 e. The van der Waals surface area contributed by atoms with E-state index in [0.717, 1.165) is 16.3 Å². The van der Waals surface area contributed by atoms with Gasteiger partial charge < -0.3 is 10.3 Å². The maximum atomic E-state index is 12.2. The molecule has 2 N–H and O–H groups in total. The Morgan fingerprint density at radius 3 is 2.70 bits per heavy atom. The number of carbonyl (C=O) groups is 1. The zero-order chi connectivity index (χ0) is 18.6. The number of aromatic amines is 1. The lowest BCUT2D eigenvalue weighted by molar-refractivity contribution is -0.116. The molecule has 4 aromatic rings. The van der Waals surface area contributed by atoms with Gasteiger partial charge in [-0.3, -0.25) is 9.59 Å². The van der Waals surface area contributed by atoms with E-state index in [9.17, 15) is 9.59 Å².